The highest BCUT2D eigenvalue weighted by Gasteiger charge is 2.39. The van der Waals surface area contributed by atoms with E-state index in [0.717, 1.165) is 6.92 Å². The van der Waals surface area contributed by atoms with Gasteiger partial charge in [-0.2, -0.15) is 25.3 Å². The second kappa shape index (κ2) is 10.2. The lowest BCUT2D eigenvalue weighted by Gasteiger charge is -2.13. The van der Waals surface area contributed by atoms with Crippen LogP contribution < -0.4 is 0 Å². The van der Waals surface area contributed by atoms with Crippen LogP contribution in [-0.2, 0) is 39.9 Å². The fraction of sp³-hybridized carbons (Fsp3) is 0.182. The molecule has 15 nitrogen and oxygen atoms in total. The Morgan fingerprint density at radius 1 is 0.793 bits per heavy atom. The minimum absolute atomic E-state index is 0.833. The number of benzene rings is 1. The van der Waals surface area contributed by atoms with Crippen LogP contribution in [0.5, 0.6) is 17.2 Å². The fourth-order valence-electron chi connectivity index (χ4n) is 1.38. The number of hydrogen-bond acceptors (Lipinski definition) is 11. The Morgan fingerprint density at radius 2 is 0.931 bits per heavy atom. The maximum atomic E-state index is 10.9. The first-order valence-corrected chi connectivity index (χ1v) is 10.6. The van der Waals surface area contributed by atoms with Crippen molar-refractivity contribution in [1.82, 2.24) is 0 Å². The van der Waals surface area contributed by atoms with Crippen LogP contribution in [0.4, 0.5) is 0 Å². The van der Waals surface area contributed by atoms with E-state index in [4.69, 9.17) is 23.6 Å². The number of aromatic hydroxyl groups is 3. The molecule has 168 valence electrons. The Labute approximate surface area is 164 Å². The van der Waals surface area contributed by atoms with Crippen LogP contribution >= 0.6 is 0 Å². The van der Waals surface area contributed by atoms with Gasteiger partial charge in [0, 0.05) is 6.92 Å². The summed E-state index contributed by atoms with van der Waals surface area (Å²) < 4.78 is 96.2. The maximum absolute atomic E-state index is 10.9. The van der Waals surface area contributed by atoms with E-state index in [1.54, 1.807) is 7.11 Å². The number of aliphatic carboxylic acids is 1. The first kappa shape index (κ1) is 28.6. The molecule has 0 aliphatic carbocycles. The molecule has 7 N–H and O–H groups in total. The van der Waals surface area contributed by atoms with Gasteiger partial charge in [0.05, 0.1) is 13.4 Å². The second-order valence-electron chi connectivity index (χ2n) is 4.38. The normalized spacial score (nSPS) is 11.2. The number of carbonyl (C=O) groups is 1. The summed E-state index contributed by atoms with van der Waals surface area (Å²) in [6, 6.07) is 0. The summed E-state index contributed by atoms with van der Waals surface area (Å²) in [5, 5.41) is 35.4. The van der Waals surface area contributed by atoms with Crippen molar-refractivity contribution in [3.8, 4) is 17.2 Å². The highest BCUT2D eigenvalue weighted by Crippen LogP contribution is 2.48. The molecule has 0 aliphatic rings. The smallest absolute Gasteiger partial charge is 0.302 e. The topological polar surface area (TPSA) is 270 Å². The predicted octanol–water partition coefficient (Wildman–Crippen LogP) is -0.589. The minimum Gasteiger partial charge on any atom is -0.505 e. The third kappa shape index (κ3) is 8.50. The van der Waals surface area contributed by atoms with E-state index in [-0.39, 0.29) is 0 Å². The van der Waals surface area contributed by atoms with Crippen molar-refractivity contribution in [3.05, 3.63) is 12.8 Å². The van der Waals surface area contributed by atoms with Crippen LogP contribution in [0.2, 0.25) is 0 Å². The van der Waals surface area contributed by atoms with Gasteiger partial charge in [-0.05, 0) is 0 Å². The number of phenols is 3. The fourth-order valence-corrected chi connectivity index (χ4v) is 3.65. The molecule has 0 aromatic heterocycles. The monoisotopic (exact) mass is 484 g/mol. The zero-order chi connectivity index (χ0) is 24.0. The molecule has 0 bridgehead atoms. The molecular formula is C11H16O15S3. The summed E-state index contributed by atoms with van der Waals surface area (Å²) in [6.45, 7) is 4.34. The molecule has 0 radical (unpaired) electrons. The van der Waals surface area contributed by atoms with E-state index in [1.807, 2.05) is 0 Å². The van der Waals surface area contributed by atoms with Gasteiger partial charge in [-0.25, -0.2) is 0 Å². The van der Waals surface area contributed by atoms with Crippen molar-refractivity contribution in [3.63, 3.8) is 0 Å². The Bertz CT molecular complexity index is 932. The molecule has 29 heavy (non-hydrogen) atoms. The zero-order valence-electron chi connectivity index (χ0n) is 14.4. The van der Waals surface area contributed by atoms with Crippen molar-refractivity contribution < 1.29 is 68.9 Å². The molecule has 0 saturated carbocycles. The van der Waals surface area contributed by atoms with Crippen LogP contribution in [0.15, 0.2) is 27.5 Å². The molecule has 0 atom stereocenters. The Hall–Kier alpha value is -2.64. The van der Waals surface area contributed by atoms with Crippen LogP contribution in [-0.4, -0.2) is 72.4 Å². The van der Waals surface area contributed by atoms with Crippen LogP contribution in [0, 0.1) is 0 Å². The average molecular weight is 484 g/mol. The summed E-state index contributed by atoms with van der Waals surface area (Å²) in [5.41, 5.74) is 0. The van der Waals surface area contributed by atoms with E-state index >= 15 is 0 Å². The van der Waals surface area contributed by atoms with Gasteiger partial charge in [0.25, 0.3) is 5.97 Å². The molecular weight excluding hydrogens is 468 g/mol. The largest absolute Gasteiger partial charge is 0.505 e. The third-order valence-electron chi connectivity index (χ3n) is 2.23. The highest BCUT2D eigenvalue weighted by molar-refractivity contribution is 7.88. The second-order valence-corrected chi connectivity index (χ2v) is 8.45. The number of carboxylic acids is 1. The molecule has 0 fully saturated rings. The molecule has 1 aromatic rings. The Balaban J connectivity index is 0. The predicted molar refractivity (Wildman–Crippen MR) is 91.4 cm³/mol. The number of ether oxygens (including phenoxy) is 1. The summed E-state index contributed by atoms with van der Waals surface area (Å²) in [6.07, 6.45) is 1.38. The first-order valence-electron chi connectivity index (χ1n) is 6.31. The van der Waals surface area contributed by atoms with E-state index in [9.17, 15) is 40.6 Å². The van der Waals surface area contributed by atoms with Crippen LogP contribution in [0.3, 0.4) is 0 Å². The molecule has 0 spiro atoms. The van der Waals surface area contributed by atoms with E-state index in [0.29, 0.717) is 0 Å². The summed E-state index contributed by atoms with van der Waals surface area (Å²) in [7, 11) is -15.3. The van der Waals surface area contributed by atoms with Gasteiger partial charge in [-0.3, -0.25) is 18.5 Å². The molecule has 0 aliphatic heterocycles. The lowest BCUT2D eigenvalue weighted by molar-refractivity contribution is -0.134. The summed E-state index contributed by atoms with van der Waals surface area (Å²) >= 11 is 0. The molecule has 0 unspecified atom stereocenters. The van der Waals surface area contributed by atoms with Gasteiger partial charge >= 0.3 is 30.4 Å². The van der Waals surface area contributed by atoms with Crippen LogP contribution in [0.1, 0.15) is 6.92 Å². The van der Waals surface area contributed by atoms with Gasteiger partial charge in [0.2, 0.25) is 0 Å². The Morgan fingerprint density at radius 3 is 1.00 bits per heavy atom. The summed E-state index contributed by atoms with van der Waals surface area (Å²) in [5.74, 6) is -6.99. The number of phenolic OH excluding ortho intramolecular Hbond substituents is 3. The molecule has 18 heteroatoms. The Kier molecular flexibility index (Phi) is 10.1. The number of carboxylic acid groups (broad SMARTS) is 1. The van der Waals surface area contributed by atoms with E-state index in [1.165, 1.54) is 6.26 Å². The lowest BCUT2D eigenvalue weighted by atomic mass is 10.3. The average Bonchev–Trinajstić information content (AvgIpc) is 2.41. The van der Waals surface area contributed by atoms with Crippen molar-refractivity contribution in [2.75, 3.05) is 7.11 Å². The summed E-state index contributed by atoms with van der Waals surface area (Å²) in [4.78, 5) is 2.83. The number of rotatable bonds is 4. The maximum Gasteiger partial charge on any atom is 0.302 e. The van der Waals surface area contributed by atoms with Gasteiger partial charge in [0.15, 0.2) is 31.9 Å². The SMILES string of the molecule is C=COC.CC(=O)O.O=S(=O)(O)c1c(O)c(S(=O)(=O)O)c(O)c(S(=O)(=O)O)c1O. The third-order valence-corrected chi connectivity index (χ3v) is 4.94. The van der Waals surface area contributed by atoms with Crippen molar-refractivity contribution >= 4 is 36.3 Å². The van der Waals surface area contributed by atoms with Crippen molar-refractivity contribution in [2.24, 2.45) is 0 Å². The minimum atomic E-state index is -5.61. The lowest BCUT2D eigenvalue weighted by Crippen LogP contribution is -2.10. The van der Waals surface area contributed by atoms with Gasteiger partial charge < -0.3 is 25.2 Å². The zero-order valence-corrected chi connectivity index (χ0v) is 16.9. The molecule has 0 saturated heterocycles. The standard InChI is InChI=1S/C6H6O12S3.C3H6O.C2H4O2/c7-1-4(19(10,11)12)2(8)6(21(16,17)18)3(9)5(1)20(13,14)15;1-3-4-2;1-2(3)4/h7-9H,(H,10,11,12)(H,13,14,15)(H,16,17,18);3H,1H2,2H3;1H3,(H,3,4). The van der Waals surface area contributed by atoms with Crippen molar-refractivity contribution in [1.29, 1.82) is 0 Å². The molecule has 0 heterocycles. The quantitative estimate of drug-likeness (QED) is 0.208. The number of hydrogen-bond donors (Lipinski definition) is 7. The van der Waals surface area contributed by atoms with Crippen LogP contribution in [0.25, 0.3) is 0 Å². The van der Waals surface area contributed by atoms with Gasteiger partial charge in [-0.1, -0.05) is 6.58 Å². The number of methoxy groups -OCH3 is 1. The molecule has 0 amide bonds. The van der Waals surface area contributed by atoms with E-state index < -0.39 is 68.3 Å². The first-order chi connectivity index (χ1) is 12.7. The van der Waals surface area contributed by atoms with E-state index in [2.05, 4.69) is 11.3 Å². The highest BCUT2D eigenvalue weighted by atomic mass is 32.2. The van der Waals surface area contributed by atoms with Gasteiger partial charge in [0.1, 0.15) is 0 Å². The molecule has 1 rings (SSSR count). The van der Waals surface area contributed by atoms with Crippen molar-refractivity contribution in [2.45, 2.75) is 21.6 Å². The van der Waals surface area contributed by atoms with Gasteiger partial charge in [-0.15, -0.1) is 0 Å². The molecule has 1 aromatic carbocycles.